The second kappa shape index (κ2) is 9.38. The molecule has 21 heavy (non-hydrogen) atoms. The van der Waals surface area contributed by atoms with Gasteiger partial charge in [-0.1, -0.05) is 20.4 Å². The number of rotatable bonds is 10. The maximum absolute atomic E-state index is 11.4. The molecule has 124 valence electrons. The first-order chi connectivity index (χ1) is 9.60. The van der Waals surface area contributed by atoms with Crippen LogP contribution in [0.3, 0.4) is 0 Å². The molecule has 0 aromatic carbocycles. The zero-order chi connectivity index (χ0) is 16.6. The first-order valence-corrected chi connectivity index (χ1v) is 9.89. The van der Waals surface area contributed by atoms with Crippen LogP contribution in [0.4, 0.5) is 0 Å². The number of hydrogen-bond donors (Lipinski definition) is 0. The summed E-state index contributed by atoms with van der Waals surface area (Å²) in [7, 11) is -2.31. The van der Waals surface area contributed by atoms with Crippen LogP contribution in [0.15, 0.2) is 12.2 Å². The van der Waals surface area contributed by atoms with Crippen molar-refractivity contribution >= 4 is 14.5 Å². The van der Waals surface area contributed by atoms with Crippen LogP contribution in [-0.4, -0.2) is 33.3 Å². The lowest BCUT2D eigenvalue weighted by atomic mass is 10.4. The average molecular weight is 317 g/mol. The molecule has 0 aliphatic carbocycles. The Morgan fingerprint density at radius 3 is 1.86 bits per heavy atom. The Morgan fingerprint density at radius 2 is 1.52 bits per heavy atom. The van der Waals surface area contributed by atoms with E-state index in [-0.39, 0.29) is 18.2 Å². The molecule has 0 aromatic heterocycles. The van der Waals surface area contributed by atoms with E-state index in [9.17, 15) is 4.79 Å². The molecule has 0 amide bonds. The Balaban J connectivity index is 4.65. The minimum Gasteiger partial charge on any atom is -0.462 e. The first kappa shape index (κ1) is 20.3. The molecule has 0 aliphatic rings. The summed E-state index contributed by atoms with van der Waals surface area (Å²) in [6, 6.07) is 0.824. The largest absolute Gasteiger partial charge is 0.462 e. The molecule has 0 aromatic rings. The lowest BCUT2D eigenvalue weighted by molar-refractivity contribution is -0.139. The van der Waals surface area contributed by atoms with Crippen molar-refractivity contribution in [2.24, 2.45) is 0 Å². The highest BCUT2D eigenvalue weighted by atomic mass is 28.4. The molecule has 0 radical (unpaired) electrons. The Kier molecular flexibility index (Phi) is 9.09. The first-order valence-electron chi connectivity index (χ1n) is 7.79. The van der Waals surface area contributed by atoms with E-state index in [1.165, 1.54) is 0 Å². The van der Waals surface area contributed by atoms with E-state index in [1.807, 2.05) is 27.7 Å². The SMILES string of the molecule is C=C(C)C(=O)OCCC[Si](OC(C)C)(OC(C)C)C(C)C. The molecule has 0 aliphatic heterocycles. The van der Waals surface area contributed by atoms with E-state index in [2.05, 4.69) is 20.4 Å². The number of carbonyl (C=O) groups excluding carboxylic acids is 1. The van der Waals surface area contributed by atoms with Crippen molar-refractivity contribution in [1.82, 2.24) is 0 Å². The normalized spacial score (nSPS) is 12.3. The Labute approximate surface area is 131 Å². The van der Waals surface area contributed by atoms with Gasteiger partial charge in [-0.3, -0.25) is 0 Å². The standard InChI is InChI=1S/C16H32O4Si/c1-12(2)16(17)18-10-9-11-21(15(7)8,19-13(3)4)20-14(5)6/h13-15H,1,9-11H2,2-8H3. The van der Waals surface area contributed by atoms with Crippen LogP contribution < -0.4 is 0 Å². The monoisotopic (exact) mass is 316 g/mol. The van der Waals surface area contributed by atoms with Crippen LogP contribution in [-0.2, 0) is 18.4 Å². The van der Waals surface area contributed by atoms with Crippen molar-refractivity contribution in [2.45, 2.75) is 78.7 Å². The third kappa shape index (κ3) is 7.78. The van der Waals surface area contributed by atoms with Gasteiger partial charge in [-0.2, -0.15) is 0 Å². The third-order valence-corrected chi connectivity index (χ3v) is 7.55. The summed E-state index contributed by atoms with van der Waals surface area (Å²) in [5.74, 6) is -0.332. The highest BCUT2D eigenvalue weighted by Crippen LogP contribution is 2.31. The van der Waals surface area contributed by atoms with Crippen LogP contribution in [0, 0.1) is 0 Å². The van der Waals surface area contributed by atoms with Gasteiger partial charge in [0.1, 0.15) is 0 Å². The molecule has 0 unspecified atom stereocenters. The fraction of sp³-hybridized carbons (Fsp3) is 0.812. The van der Waals surface area contributed by atoms with Crippen LogP contribution in [0.2, 0.25) is 11.6 Å². The average Bonchev–Trinajstić information content (AvgIpc) is 2.32. The molecule has 5 heteroatoms. The Bertz CT molecular complexity index is 327. The van der Waals surface area contributed by atoms with Gasteiger partial charge in [0.15, 0.2) is 0 Å². The Hall–Kier alpha value is -0.653. The molecular formula is C16H32O4Si. The molecule has 0 heterocycles. The van der Waals surface area contributed by atoms with E-state index < -0.39 is 8.56 Å². The van der Waals surface area contributed by atoms with E-state index in [1.54, 1.807) is 6.92 Å². The predicted octanol–water partition coefficient (Wildman–Crippen LogP) is 4.20. The van der Waals surface area contributed by atoms with Crippen molar-refractivity contribution in [3.05, 3.63) is 12.2 Å². The van der Waals surface area contributed by atoms with Crippen LogP contribution >= 0.6 is 0 Å². The van der Waals surface area contributed by atoms with Gasteiger partial charge in [0, 0.05) is 17.8 Å². The smallest absolute Gasteiger partial charge is 0.341 e. The minimum absolute atomic E-state index is 0.135. The quantitative estimate of drug-likeness (QED) is 0.262. The number of esters is 1. The molecule has 0 N–H and O–H groups in total. The van der Waals surface area contributed by atoms with Crippen molar-refractivity contribution in [2.75, 3.05) is 6.61 Å². The topological polar surface area (TPSA) is 44.8 Å². The molecule has 0 saturated heterocycles. The fourth-order valence-electron chi connectivity index (χ4n) is 2.11. The summed E-state index contributed by atoms with van der Waals surface area (Å²) in [6.45, 7) is 18.1. The van der Waals surface area contributed by atoms with Crippen molar-refractivity contribution in [3.63, 3.8) is 0 Å². The van der Waals surface area contributed by atoms with Gasteiger partial charge >= 0.3 is 14.5 Å². The lowest BCUT2D eigenvalue weighted by Crippen LogP contribution is -2.48. The molecule has 0 saturated carbocycles. The molecule has 0 rings (SSSR count). The van der Waals surface area contributed by atoms with E-state index >= 15 is 0 Å². The lowest BCUT2D eigenvalue weighted by Gasteiger charge is -2.37. The molecular weight excluding hydrogens is 284 g/mol. The number of hydrogen-bond acceptors (Lipinski definition) is 4. The summed E-state index contributed by atoms with van der Waals surface area (Å²) >= 11 is 0. The number of carbonyl (C=O) groups is 1. The second-order valence-electron chi connectivity index (χ2n) is 6.32. The molecule has 4 nitrogen and oxygen atoms in total. The third-order valence-electron chi connectivity index (χ3n) is 3.00. The van der Waals surface area contributed by atoms with Gasteiger partial charge in [0.25, 0.3) is 0 Å². The zero-order valence-corrected chi connectivity index (χ0v) is 15.7. The molecule has 0 atom stereocenters. The maximum atomic E-state index is 11.4. The van der Waals surface area contributed by atoms with Crippen molar-refractivity contribution in [3.8, 4) is 0 Å². The maximum Gasteiger partial charge on any atom is 0.341 e. The highest BCUT2D eigenvalue weighted by Gasteiger charge is 2.42. The van der Waals surface area contributed by atoms with Gasteiger partial charge in [-0.05, 0) is 52.6 Å². The fourth-order valence-corrected chi connectivity index (χ4v) is 5.76. The minimum atomic E-state index is -2.31. The van der Waals surface area contributed by atoms with Gasteiger partial charge in [0.2, 0.25) is 0 Å². The van der Waals surface area contributed by atoms with Gasteiger partial charge in [-0.15, -0.1) is 0 Å². The van der Waals surface area contributed by atoms with E-state index in [4.69, 9.17) is 13.6 Å². The van der Waals surface area contributed by atoms with Gasteiger partial charge in [0.05, 0.1) is 6.61 Å². The molecule has 0 spiro atoms. The van der Waals surface area contributed by atoms with Crippen molar-refractivity contribution < 1.29 is 18.4 Å². The molecule has 0 bridgehead atoms. The van der Waals surface area contributed by atoms with E-state index in [0.717, 1.165) is 12.5 Å². The van der Waals surface area contributed by atoms with Gasteiger partial charge in [-0.25, -0.2) is 4.79 Å². The number of ether oxygens (including phenoxy) is 1. The summed E-state index contributed by atoms with van der Waals surface area (Å²) in [6.07, 6.45) is 1.02. The Morgan fingerprint density at radius 1 is 1.05 bits per heavy atom. The molecule has 0 fully saturated rings. The van der Waals surface area contributed by atoms with E-state index in [0.29, 0.717) is 17.7 Å². The zero-order valence-electron chi connectivity index (χ0n) is 14.7. The predicted molar refractivity (Wildman–Crippen MR) is 88.5 cm³/mol. The van der Waals surface area contributed by atoms with Crippen molar-refractivity contribution in [1.29, 1.82) is 0 Å². The highest BCUT2D eigenvalue weighted by molar-refractivity contribution is 6.68. The summed E-state index contributed by atoms with van der Waals surface area (Å²) in [4.78, 5) is 11.4. The van der Waals surface area contributed by atoms with Crippen LogP contribution in [0.25, 0.3) is 0 Å². The van der Waals surface area contributed by atoms with Crippen LogP contribution in [0.1, 0.15) is 54.9 Å². The van der Waals surface area contributed by atoms with Crippen LogP contribution in [0.5, 0.6) is 0 Å². The summed E-state index contributed by atoms with van der Waals surface area (Å²) in [5, 5.41) is 0. The summed E-state index contributed by atoms with van der Waals surface area (Å²) in [5.41, 5.74) is 0.776. The van der Waals surface area contributed by atoms with Gasteiger partial charge < -0.3 is 13.6 Å². The summed E-state index contributed by atoms with van der Waals surface area (Å²) < 4.78 is 17.6. The second-order valence-corrected chi connectivity index (χ2v) is 10.1.